The van der Waals surface area contributed by atoms with Crippen molar-refractivity contribution in [1.29, 1.82) is 0 Å². The van der Waals surface area contributed by atoms with Crippen molar-refractivity contribution in [2.24, 2.45) is 0 Å². The maximum absolute atomic E-state index is 5.89. The second kappa shape index (κ2) is 5.85. The van der Waals surface area contributed by atoms with E-state index in [0.717, 1.165) is 25.1 Å². The molecule has 0 aromatic heterocycles. The Labute approximate surface area is 123 Å². The van der Waals surface area contributed by atoms with Crippen LogP contribution >= 0.6 is 43.5 Å². The van der Waals surface area contributed by atoms with Gasteiger partial charge in [-0.05, 0) is 35.4 Å². The Hall–Kier alpha value is -0.570. The van der Waals surface area contributed by atoms with Gasteiger partial charge in [-0.3, -0.25) is 0 Å². The molecule has 2 aromatic rings. The Morgan fingerprint density at radius 1 is 0.941 bits per heavy atom. The highest BCUT2D eigenvalue weighted by atomic mass is 79.9. The normalized spacial score (nSPS) is 11.0. The molecule has 0 saturated carbocycles. The maximum atomic E-state index is 5.89. The van der Waals surface area contributed by atoms with Crippen molar-refractivity contribution in [2.75, 3.05) is 0 Å². The summed E-state index contributed by atoms with van der Waals surface area (Å²) >= 11 is 12.8. The number of hydrogen-bond acceptors (Lipinski definition) is 0. The average Bonchev–Trinajstić information content (AvgIpc) is 2.28. The van der Waals surface area contributed by atoms with Crippen molar-refractivity contribution in [3.8, 4) is 0 Å². The molecule has 0 radical (unpaired) electrons. The van der Waals surface area contributed by atoms with Crippen molar-refractivity contribution >= 4 is 55.6 Å². The largest absolute Gasteiger partial charge is 0.0843 e. The van der Waals surface area contributed by atoms with E-state index in [1.807, 2.05) is 30.3 Å². The zero-order valence-corrected chi connectivity index (χ0v) is 12.8. The van der Waals surface area contributed by atoms with Crippen LogP contribution in [0.4, 0.5) is 0 Å². The fourth-order valence-electron chi connectivity index (χ4n) is 1.43. The lowest BCUT2D eigenvalue weighted by molar-refractivity contribution is 1.59. The van der Waals surface area contributed by atoms with Crippen molar-refractivity contribution in [1.82, 2.24) is 0 Å². The molecule has 0 aliphatic carbocycles. The van der Waals surface area contributed by atoms with E-state index < -0.39 is 0 Å². The highest BCUT2D eigenvalue weighted by Gasteiger charge is 1.97. The van der Waals surface area contributed by atoms with E-state index in [0.29, 0.717) is 0 Å². The van der Waals surface area contributed by atoms with Crippen molar-refractivity contribution < 1.29 is 0 Å². The highest BCUT2D eigenvalue weighted by Crippen LogP contribution is 2.23. The minimum absolute atomic E-state index is 0.733. The van der Waals surface area contributed by atoms with E-state index in [1.165, 1.54) is 0 Å². The summed E-state index contributed by atoms with van der Waals surface area (Å²) in [6.45, 7) is 0. The van der Waals surface area contributed by atoms with Gasteiger partial charge in [-0.15, -0.1) is 0 Å². The van der Waals surface area contributed by atoms with Crippen LogP contribution in [0.2, 0.25) is 5.02 Å². The first-order valence-corrected chi connectivity index (χ1v) is 7.00. The second-order valence-electron chi connectivity index (χ2n) is 3.55. The zero-order valence-electron chi connectivity index (χ0n) is 8.83. The minimum Gasteiger partial charge on any atom is -0.0843 e. The molecule has 2 rings (SSSR count). The topological polar surface area (TPSA) is 0 Å². The first kappa shape index (κ1) is 12.9. The highest BCUT2D eigenvalue weighted by molar-refractivity contribution is 9.10. The first-order chi connectivity index (χ1) is 8.15. The van der Waals surface area contributed by atoms with Gasteiger partial charge in [0.25, 0.3) is 0 Å². The van der Waals surface area contributed by atoms with Crippen LogP contribution < -0.4 is 0 Å². The van der Waals surface area contributed by atoms with E-state index in [2.05, 4.69) is 56.1 Å². The maximum Gasteiger partial charge on any atom is 0.0417 e. The van der Waals surface area contributed by atoms with Crippen LogP contribution in [0.1, 0.15) is 11.1 Å². The Balaban J connectivity index is 2.26. The number of hydrogen-bond donors (Lipinski definition) is 0. The van der Waals surface area contributed by atoms with Crippen LogP contribution in [-0.4, -0.2) is 0 Å². The summed E-state index contributed by atoms with van der Waals surface area (Å²) in [6, 6.07) is 13.9. The van der Waals surface area contributed by atoms with Gasteiger partial charge in [-0.25, -0.2) is 0 Å². The van der Waals surface area contributed by atoms with Gasteiger partial charge in [0.15, 0.2) is 0 Å². The molecule has 0 aliphatic heterocycles. The molecule has 0 N–H and O–H groups in total. The van der Waals surface area contributed by atoms with Gasteiger partial charge in [-0.2, -0.15) is 0 Å². The molecule has 0 nitrogen and oxygen atoms in total. The van der Waals surface area contributed by atoms with Gasteiger partial charge in [0.2, 0.25) is 0 Å². The fourth-order valence-corrected chi connectivity index (χ4v) is 2.66. The average molecular weight is 372 g/mol. The molecule has 0 bridgehead atoms. The summed E-state index contributed by atoms with van der Waals surface area (Å²) in [4.78, 5) is 0. The van der Waals surface area contributed by atoms with E-state index >= 15 is 0 Å². The van der Waals surface area contributed by atoms with Crippen molar-refractivity contribution in [3.05, 3.63) is 67.6 Å². The Morgan fingerprint density at radius 2 is 1.76 bits per heavy atom. The molecule has 86 valence electrons. The molecule has 0 spiro atoms. The van der Waals surface area contributed by atoms with Crippen LogP contribution in [0.3, 0.4) is 0 Å². The molecular weight excluding hydrogens is 363 g/mol. The SMILES string of the molecule is Clc1ccc(C=Cc2cccc(Br)c2)c(Br)c1. The molecule has 0 heterocycles. The summed E-state index contributed by atoms with van der Waals surface area (Å²) in [5.41, 5.74) is 2.26. The van der Waals surface area contributed by atoms with E-state index in [4.69, 9.17) is 11.6 Å². The molecule has 17 heavy (non-hydrogen) atoms. The van der Waals surface area contributed by atoms with Gasteiger partial charge in [0, 0.05) is 14.0 Å². The van der Waals surface area contributed by atoms with Gasteiger partial charge in [0.1, 0.15) is 0 Å². The molecule has 0 amide bonds. The summed E-state index contributed by atoms with van der Waals surface area (Å²) in [7, 11) is 0. The van der Waals surface area contributed by atoms with Crippen LogP contribution in [0, 0.1) is 0 Å². The smallest absolute Gasteiger partial charge is 0.0417 e. The van der Waals surface area contributed by atoms with Gasteiger partial charge < -0.3 is 0 Å². The number of halogens is 3. The van der Waals surface area contributed by atoms with Gasteiger partial charge in [0.05, 0.1) is 0 Å². The summed E-state index contributed by atoms with van der Waals surface area (Å²) in [6.07, 6.45) is 4.13. The number of rotatable bonds is 2. The predicted octanol–water partition coefficient (Wildman–Crippen LogP) is 6.04. The lowest BCUT2D eigenvalue weighted by Crippen LogP contribution is -1.76. The Bertz CT molecular complexity index is 562. The third-order valence-electron chi connectivity index (χ3n) is 2.27. The third kappa shape index (κ3) is 3.70. The van der Waals surface area contributed by atoms with Crippen molar-refractivity contribution in [3.63, 3.8) is 0 Å². The molecule has 3 heteroatoms. The van der Waals surface area contributed by atoms with E-state index in [-0.39, 0.29) is 0 Å². The van der Waals surface area contributed by atoms with E-state index in [9.17, 15) is 0 Å². The minimum atomic E-state index is 0.733. The lowest BCUT2D eigenvalue weighted by Gasteiger charge is -1.99. The van der Waals surface area contributed by atoms with Crippen LogP contribution in [-0.2, 0) is 0 Å². The standard InChI is InChI=1S/C14H9Br2Cl/c15-12-3-1-2-10(8-12)4-5-11-6-7-13(17)9-14(11)16/h1-9H. The predicted molar refractivity (Wildman–Crippen MR) is 82.2 cm³/mol. The monoisotopic (exact) mass is 370 g/mol. The van der Waals surface area contributed by atoms with E-state index in [1.54, 1.807) is 0 Å². The quantitative estimate of drug-likeness (QED) is 0.564. The van der Waals surface area contributed by atoms with Gasteiger partial charge in [-0.1, -0.05) is 73.8 Å². The molecule has 0 saturated heterocycles. The van der Waals surface area contributed by atoms with Crippen molar-refractivity contribution in [2.45, 2.75) is 0 Å². The summed E-state index contributed by atoms with van der Waals surface area (Å²) in [5, 5.41) is 0.733. The fraction of sp³-hybridized carbons (Fsp3) is 0. The molecule has 2 aromatic carbocycles. The summed E-state index contributed by atoms with van der Waals surface area (Å²) < 4.78 is 2.08. The lowest BCUT2D eigenvalue weighted by atomic mass is 10.1. The Morgan fingerprint density at radius 3 is 2.47 bits per heavy atom. The molecule has 0 fully saturated rings. The van der Waals surface area contributed by atoms with Gasteiger partial charge >= 0.3 is 0 Å². The molecule has 0 atom stereocenters. The van der Waals surface area contributed by atoms with Crippen LogP contribution in [0.5, 0.6) is 0 Å². The van der Waals surface area contributed by atoms with Crippen LogP contribution in [0.25, 0.3) is 12.2 Å². The first-order valence-electron chi connectivity index (χ1n) is 5.04. The molecule has 0 aliphatic rings. The molecule has 0 unspecified atom stereocenters. The number of benzene rings is 2. The molecular formula is C14H9Br2Cl. The van der Waals surface area contributed by atoms with Crippen LogP contribution in [0.15, 0.2) is 51.4 Å². The second-order valence-corrected chi connectivity index (χ2v) is 5.76. The Kier molecular flexibility index (Phi) is 4.43. The zero-order chi connectivity index (χ0) is 12.3. The third-order valence-corrected chi connectivity index (χ3v) is 3.68. The summed E-state index contributed by atoms with van der Waals surface area (Å²) in [5.74, 6) is 0.